The number of rotatable bonds is 10. The van der Waals surface area contributed by atoms with Gasteiger partial charge in [-0.15, -0.1) is 0 Å². The van der Waals surface area contributed by atoms with Gasteiger partial charge in [0.1, 0.15) is 17.6 Å². The Kier molecular flexibility index (Phi) is 8.32. The van der Waals surface area contributed by atoms with Crippen LogP contribution in [-0.2, 0) is 11.2 Å². The molecule has 2 aromatic rings. The highest BCUT2D eigenvalue weighted by Crippen LogP contribution is 2.29. The molecule has 33 heavy (non-hydrogen) atoms. The molecule has 8 heteroatoms. The number of carbonyl (C=O) groups is 1. The fraction of sp³-hybridized carbons (Fsp3) is 0.520. The van der Waals surface area contributed by atoms with Gasteiger partial charge in [-0.25, -0.2) is 4.39 Å². The predicted molar refractivity (Wildman–Crippen MR) is 119 cm³/mol. The topological polar surface area (TPSA) is 42.4 Å². The Morgan fingerprint density at radius 3 is 2.64 bits per heavy atom. The summed E-state index contributed by atoms with van der Waals surface area (Å²) in [6.45, 7) is 4.88. The van der Waals surface area contributed by atoms with Crippen molar-refractivity contribution in [3.05, 3.63) is 53.6 Å². The second kappa shape index (κ2) is 11.0. The van der Waals surface area contributed by atoms with Crippen molar-refractivity contribution in [2.45, 2.75) is 70.6 Å². The van der Waals surface area contributed by atoms with Gasteiger partial charge in [0.15, 0.2) is 5.82 Å². The summed E-state index contributed by atoms with van der Waals surface area (Å²) in [5, 5.41) is 0. The summed E-state index contributed by atoms with van der Waals surface area (Å²) in [5.41, 5.74) is 1.69. The predicted octanol–water partition coefficient (Wildman–Crippen LogP) is 6.24. The van der Waals surface area contributed by atoms with E-state index in [2.05, 4.69) is 11.9 Å². The van der Waals surface area contributed by atoms with Crippen molar-refractivity contribution in [1.82, 2.24) is 4.98 Å². The van der Waals surface area contributed by atoms with Crippen molar-refractivity contribution >= 4 is 11.5 Å². The number of carbonyl (C=O) groups excluding carboxylic acids is 1. The largest absolute Gasteiger partial charge is 0.489 e. The lowest BCUT2D eigenvalue weighted by atomic mass is 9.94. The molecule has 0 spiro atoms. The van der Waals surface area contributed by atoms with Crippen LogP contribution in [0.5, 0.6) is 5.75 Å². The number of Topliss-reactive ketones (excluding diaryl/α,β-unsaturated/α-hetero) is 1. The van der Waals surface area contributed by atoms with Crippen molar-refractivity contribution in [2.75, 3.05) is 18.0 Å². The molecule has 1 aliphatic heterocycles. The minimum Gasteiger partial charge on any atom is -0.489 e. The van der Waals surface area contributed by atoms with Gasteiger partial charge in [-0.2, -0.15) is 13.2 Å². The van der Waals surface area contributed by atoms with E-state index in [4.69, 9.17) is 4.74 Å². The second-order valence-electron chi connectivity index (χ2n) is 8.54. The lowest BCUT2D eigenvalue weighted by molar-refractivity contribution is -0.143. The lowest BCUT2D eigenvalue weighted by Crippen LogP contribution is -2.25. The van der Waals surface area contributed by atoms with Gasteiger partial charge < -0.3 is 9.64 Å². The smallest absolute Gasteiger partial charge is 0.389 e. The van der Waals surface area contributed by atoms with Crippen molar-refractivity contribution in [1.29, 1.82) is 0 Å². The standard InChI is InChI=1S/C25H30F4N2O2/c1-3-4-5-21-24(26)22(11-14-30-21)31-15-12-20(16-31)33-19-8-6-18(7-9-19)17(2)23(32)10-13-25(27,28)29/h6-9,11,14,17,20H,3-5,10,12-13,15-16H2,1-2H3/t17?,20-/m1/s1. The molecule has 1 unspecified atom stereocenters. The lowest BCUT2D eigenvalue weighted by Gasteiger charge is -2.20. The number of anilines is 1. The van der Waals surface area contributed by atoms with Gasteiger partial charge in [-0.1, -0.05) is 32.4 Å². The number of benzene rings is 1. The van der Waals surface area contributed by atoms with Crippen LogP contribution in [0.25, 0.3) is 0 Å². The summed E-state index contributed by atoms with van der Waals surface area (Å²) in [4.78, 5) is 18.2. The average molecular weight is 467 g/mol. The van der Waals surface area contributed by atoms with E-state index in [1.54, 1.807) is 43.5 Å². The fourth-order valence-corrected chi connectivity index (χ4v) is 3.98. The molecule has 180 valence electrons. The molecular weight excluding hydrogens is 436 g/mol. The molecule has 0 radical (unpaired) electrons. The third kappa shape index (κ3) is 6.92. The Bertz CT molecular complexity index is 931. The number of ether oxygens (including phenoxy) is 1. The van der Waals surface area contributed by atoms with E-state index in [1.165, 1.54) is 0 Å². The van der Waals surface area contributed by atoms with Crippen molar-refractivity contribution in [3.8, 4) is 5.75 Å². The molecule has 3 rings (SSSR count). The highest BCUT2D eigenvalue weighted by Gasteiger charge is 2.30. The number of aryl methyl sites for hydroxylation is 1. The molecule has 2 heterocycles. The van der Waals surface area contributed by atoms with E-state index in [0.717, 1.165) is 19.3 Å². The van der Waals surface area contributed by atoms with E-state index in [1.807, 2.05) is 4.90 Å². The van der Waals surface area contributed by atoms with Gasteiger partial charge in [-0.3, -0.25) is 9.78 Å². The van der Waals surface area contributed by atoms with Crippen LogP contribution in [0.4, 0.5) is 23.2 Å². The summed E-state index contributed by atoms with van der Waals surface area (Å²) in [5.74, 6) is -0.704. The maximum absolute atomic E-state index is 14.9. The molecule has 0 bridgehead atoms. The molecule has 4 nitrogen and oxygen atoms in total. The first-order chi connectivity index (χ1) is 15.7. The van der Waals surface area contributed by atoms with Crippen LogP contribution in [0.1, 0.15) is 63.1 Å². The Morgan fingerprint density at radius 1 is 1.24 bits per heavy atom. The van der Waals surface area contributed by atoms with Crippen molar-refractivity contribution in [2.24, 2.45) is 0 Å². The van der Waals surface area contributed by atoms with Crippen LogP contribution in [0.2, 0.25) is 0 Å². The summed E-state index contributed by atoms with van der Waals surface area (Å²) in [6.07, 6.45) is -1.21. The Labute approximate surface area is 192 Å². The normalized spacial score (nSPS) is 17.3. The Balaban J connectivity index is 1.56. The maximum atomic E-state index is 14.9. The number of unbranched alkanes of at least 4 members (excludes halogenated alkanes) is 1. The van der Waals surface area contributed by atoms with E-state index in [9.17, 15) is 22.4 Å². The van der Waals surface area contributed by atoms with Crippen LogP contribution in [0, 0.1) is 5.82 Å². The highest BCUT2D eigenvalue weighted by atomic mass is 19.4. The number of pyridine rings is 1. The zero-order valence-corrected chi connectivity index (χ0v) is 19.0. The number of halogens is 4. The first kappa shape index (κ1) is 25.0. The van der Waals surface area contributed by atoms with Gasteiger partial charge in [0.25, 0.3) is 0 Å². The molecule has 1 fully saturated rings. The van der Waals surface area contributed by atoms with E-state index < -0.39 is 30.7 Å². The fourth-order valence-electron chi connectivity index (χ4n) is 3.98. The molecule has 1 aromatic heterocycles. The number of alkyl halides is 3. The average Bonchev–Trinajstić information content (AvgIpc) is 3.24. The van der Waals surface area contributed by atoms with Crippen LogP contribution < -0.4 is 9.64 Å². The molecule has 2 atom stereocenters. The van der Waals surface area contributed by atoms with Gasteiger partial charge in [0.2, 0.25) is 0 Å². The molecule has 0 saturated carbocycles. The number of nitrogens with zero attached hydrogens (tertiary/aromatic N) is 2. The second-order valence-corrected chi connectivity index (χ2v) is 8.54. The quantitative estimate of drug-likeness (QED) is 0.389. The first-order valence-electron chi connectivity index (χ1n) is 11.4. The van der Waals surface area contributed by atoms with Gasteiger partial charge in [0.05, 0.1) is 24.3 Å². The zero-order valence-electron chi connectivity index (χ0n) is 19.0. The van der Waals surface area contributed by atoms with Crippen LogP contribution in [0.3, 0.4) is 0 Å². The van der Waals surface area contributed by atoms with E-state index in [0.29, 0.717) is 42.2 Å². The molecule has 1 aliphatic rings. The molecular formula is C25H30F4N2O2. The van der Waals surface area contributed by atoms with Crippen LogP contribution in [0.15, 0.2) is 36.5 Å². The molecule has 1 aromatic carbocycles. The van der Waals surface area contributed by atoms with Gasteiger partial charge in [0, 0.05) is 31.5 Å². The summed E-state index contributed by atoms with van der Waals surface area (Å²) < 4.78 is 58.0. The van der Waals surface area contributed by atoms with Crippen molar-refractivity contribution in [3.63, 3.8) is 0 Å². The monoisotopic (exact) mass is 466 g/mol. The Morgan fingerprint density at radius 2 is 1.97 bits per heavy atom. The third-order valence-corrected chi connectivity index (χ3v) is 6.01. The Hall–Kier alpha value is -2.64. The number of aromatic nitrogens is 1. The van der Waals surface area contributed by atoms with E-state index in [-0.39, 0.29) is 11.9 Å². The minimum atomic E-state index is -4.33. The minimum absolute atomic E-state index is 0.117. The zero-order chi connectivity index (χ0) is 24.0. The molecule has 0 aliphatic carbocycles. The van der Waals surface area contributed by atoms with Crippen molar-refractivity contribution < 1.29 is 27.1 Å². The molecule has 1 saturated heterocycles. The SMILES string of the molecule is CCCCc1nccc(N2CC[C@@H](Oc3ccc(C(C)C(=O)CCC(F)(F)F)cc3)C2)c1F. The molecule has 0 amide bonds. The number of ketones is 1. The number of hydrogen-bond donors (Lipinski definition) is 0. The van der Waals surface area contributed by atoms with Gasteiger partial charge >= 0.3 is 6.18 Å². The maximum Gasteiger partial charge on any atom is 0.389 e. The number of hydrogen-bond acceptors (Lipinski definition) is 4. The molecule has 0 N–H and O–H groups in total. The third-order valence-electron chi connectivity index (χ3n) is 6.01. The highest BCUT2D eigenvalue weighted by molar-refractivity contribution is 5.85. The van der Waals surface area contributed by atoms with Gasteiger partial charge in [-0.05, 0) is 36.6 Å². The summed E-state index contributed by atoms with van der Waals surface area (Å²) in [7, 11) is 0. The van der Waals surface area contributed by atoms with Crippen LogP contribution >= 0.6 is 0 Å². The summed E-state index contributed by atoms with van der Waals surface area (Å²) >= 11 is 0. The van der Waals surface area contributed by atoms with Crippen LogP contribution in [-0.4, -0.2) is 36.1 Å². The summed E-state index contributed by atoms with van der Waals surface area (Å²) in [6, 6.07) is 8.56. The van der Waals surface area contributed by atoms with E-state index >= 15 is 0 Å². The first-order valence-corrected chi connectivity index (χ1v) is 11.4.